The van der Waals surface area contributed by atoms with Gasteiger partial charge in [0, 0.05) is 24.4 Å². The Labute approximate surface area is 150 Å². The number of carbonyl (C=O) groups excluding carboxylic acids is 1. The van der Waals surface area contributed by atoms with Gasteiger partial charge in [-0.25, -0.2) is 0 Å². The first kappa shape index (κ1) is 15.9. The van der Waals surface area contributed by atoms with Gasteiger partial charge in [-0.1, -0.05) is 24.3 Å². The Morgan fingerprint density at radius 3 is 2.40 bits per heavy atom. The number of rotatable bonds is 3. The second-order valence-corrected chi connectivity index (χ2v) is 9.68. The quantitative estimate of drug-likeness (QED) is 0.909. The van der Waals surface area contributed by atoms with Crippen LogP contribution in [-0.4, -0.2) is 34.6 Å². The Bertz CT molecular complexity index is 692. The van der Waals surface area contributed by atoms with Crippen molar-refractivity contribution < 1.29 is 9.90 Å². The van der Waals surface area contributed by atoms with Gasteiger partial charge in [0.05, 0.1) is 5.60 Å². The van der Waals surface area contributed by atoms with Crippen LogP contribution in [0, 0.1) is 11.3 Å². The van der Waals surface area contributed by atoms with Crippen molar-refractivity contribution in [1.29, 1.82) is 0 Å². The Morgan fingerprint density at radius 1 is 1.08 bits per heavy atom. The van der Waals surface area contributed by atoms with E-state index in [9.17, 15) is 9.90 Å². The molecule has 1 atom stereocenters. The zero-order valence-corrected chi connectivity index (χ0v) is 15.2. The van der Waals surface area contributed by atoms with E-state index in [1.807, 2.05) is 6.92 Å². The number of aliphatic hydroxyl groups is 1. The van der Waals surface area contributed by atoms with Crippen LogP contribution >= 0.6 is 0 Å². The van der Waals surface area contributed by atoms with Gasteiger partial charge < -0.3 is 10.0 Å². The molecule has 1 aromatic rings. The molecule has 1 heterocycles. The number of benzene rings is 1. The smallest absolute Gasteiger partial charge is 0.225 e. The summed E-state index contributed by atoms with van der Waals surface area (Å²) in [7, 11) is 0. The lowest BCUT2D eigenvalue weighted by Crippen LogP contribution is -2.61. The summed E-state index contributed by atoms with van der Waals surface area (Å²) in [4.78, 5) is 14.6. The first-order valence-electron chi connectivity index (χ1n) is 10.0. The molecule has 3 heteroatoms. The minimum absolute atomic E-state index is 0.0692. The molecule has 4 fully saturated rings. The number of hydrogen-bond acceptors (Lipinski definition) is 2. The van der Waals surface area contributed by atoms with E-state index in [1.54, 1.807) is 5.56 Å². The number of hydrogen-bond donors (Lipinski definition) is 1. The summed E-state index contributed by atoms with van der Waals surface area (Å²) < 4.78 is 0. The third-order valence-corrected chi connectivity index (χ3v) is 7.22. The summed E-state index contributed by atoms with van der Waals surface area (Å²) in [6.07, 6.45) is 7.79. The summed E-state index contributed by atoms with van der Waals surface area (Å²) in [5.74, 6) is 1.86. The van der Waals surface area contributed by atoms with Crippen molar-refractivity contribution in [3.63, 3.8) is 0 Å². The van der Waals surface area contributed by atoms with Gasteiger partial charge in [0.1, 0.15) is 0 Å². The highest BCUT2D eigenvalue weighted by Gasteiger charge is 2.53. The fourth-order valence-corrected chi connectivity index (χ4v) is 5.62. The molecule has 0 aromatic heterocycles. The van der Waals surface area contributed by atoms with Crippen molar-refractivity contribution in [3.8, 4) is 0 Å². The molecule has 1 aromatic carbocycles. The van der Waals surface area contributed by atoms with E-state index in [4.69, 9.17) is 0 Å². The van der Waals surface area contributed by atoms with Crippen molar-refractivity contribution in [3.05, 3.63) is 35.4 Å². The summed E-state index contributed by atoms with van der Waals surface area (Å²) >= 11 is 0. The molecule has 3 saturated carbocycles. The maximum atomic E-state index is 12.5. The molecule has 0 bridgehead atoms. The third-order valence-electron chi connectivity index (χ3n) is 7.22. The van der Waals surface area contributed by atoms with Gasteiger partial charge in [-0.05, 0) is 74.8 Å². The maximum absolute atomic E-state index is 12.5. The fourth-order valence-electron chi connectivity index (χ4n) is 5.62. The van der Waals surface area contributed by atoms with Gasteiger partial charge >= 0.3 is 0 Å². The van der Waals surface area contributed by atoms with Crippen LogP contribution in [0.3, 0.4) is 0 Å². The minimum Gasteiger partial charge on any atom is -0.390 e. The van der Waals surface area contributed by atoms with Crippen LogP contribution in [0.25, 0.3) is 0 Å². The molecule has 134 valence electrons. The molecule has 0 unspecified atom stereocenters. The van der Waals surface area contributed by atoms with Gasteiger partial charge in [-0.3, -0.25) is 4.79 Å². The molecule has 3 aliphatic carbocycles. The van der Waals surface area contributed by atoms with E-state index in [2.05, 4.69) is 29.2 Å². The normalized spacial score (nSPS) is 36.2. The van der Waals surface area contributed by atoms with Crippen LogP contribution in [0.4, 0.5) is 0 Å². The van der Waals surface area contributed by atoms with Gasteiger partial charge in [0.2, 0.25) is 5.91 Å². The van der Waals surface area contributed by atoms with Crippen molar-refractivity contribution in [2.45, 2.75) is 69.3 Å². The lowest BCUT2D eigenvalue weighted by atomic mass is 9.69. The molecule has 3 nitrogen and oxygen atoms in total. The summed E-state index contributed by atoms with van der Waals surface area (Å²) in [5, 5.41) is 9.87. The minimum atomic E-state index is -0.603. The predicted octanol–water partition coefficient (Wildman–Crippen LogP) is 3.82. The van der Waals surface area contributed by atoms with Crippen molar-refractivity contribution in [1.82, 2.24) is 4.90 Å². The highest BCUT2D eigenvalue weighted by Crippen LogP contribution is 2.53. The van der Waals surface area contributed by atoms with Crippen molar-refractivity contribution >= 4 is 5.91 Å². The molecule has 0 radical (unpaired) electrons. The van der Waals surface area contributed by atoms with Crippen LogP contribution in [0.2, 0.25) is 0 Å². The number of nitrogens with zero attached hydrogens (tertiary/aromatic N) is 1. The first-order chi connectivity index (χ1) is 11.9. The number of carbonyl (C=O) groups is 1. The Balaban J connectivity index is 1.19. The zero-order chi connectivity index (χ0) is 17.2. The molecular weight excluding hydrogens is 310 g/mol. The van der Waals surface area contributed by atoms with Crippen molar-refractivity contribution in [2.75, 3.05) is 13.1 Å². The monoisotopic (exact) mass is 339 g/mol. The van der Waals surface area contributed by atoms with Crippen LogP contribution < -0.4 is 0 Å². The highest BCUT2D eigenvalue weighted by atomic mass is 16.3. The average molecular weight is 339 g/mol. The van der Waals surface area contributed by atoms with Crippen LogP contribution in [0.1, 0.15) is 74.8 Å². The second-order valence-electron chi connectivity index (χ2n) is 9.68. The molecule has 4 aliphatic rings. The third kappa shape index (κ3) is 2.81. The summed E-state index contributed by atoms with van der Waals surface area (Å²) in [6.45, 7) is 3.73. The molecule has 1 saturated heterocycles. The Morgan fingerprint density at radius 2 is 1.76 bits per heavy atom. The summed E-state index contributed by atoms with van der Waals surface area (Å²) in [6, 6.07) is 9.31. The van der Waals surface area contributed by atoms with E-state index < -0.39 is 5.60 Å². The molecule has 1 amide bonds. The van der Waals surface area contributed by atoms with Crippen LogP contribution in [0.15, 0.2) is 24.3 Å². The van der Waals surface area contributed by atoms with E-state index in [0.717, 1.165) is 19.0 Å². The van der Waals surface area contributed by atoms with E-state index in [-0.39, 0.29) is 11.8 Å². The van der Waals surface area contributed by atoms with E-state index in [1.165, 1.54) is 37.7 Å². The second kappa shape index (κ2) is 5.33. The molecule has 5 rings (SSSR count). The zero-order valence-electron chi connectivity index (χ0n) is 15.2. The van der Waals surface area contributed by atoms with Crippen LogP contribution in [0.5, 0.6) is 0 Å². The van der Waals surface area contributed by atoms with Gasteiger partial charge in [-0.2, -0.15) is 0 Å². The lowest BCUT2D eigenvalue weighted by Gasteiger charge is -2.52. The Hall–Kier alpha value is -1.35. The van der Waals surface area contributed by atoms with E-state index in [0.29, 0.717) is 24.2 Å². The topological polar surface area (TPSA) is 40.5 Å². The molecule has 25 heavy (non-hydrogen) atoms. The SMILES string of the molecule is CC1(O)CC(C(=O)N2CC3(CC[C@H](c4cccc(C5CC5)c4)C3)C2)C1. The number of likely N-dealkylation sites (tertiary alicyclic amines) is 1. The molecule has 1 spiro atoms. The Kier molecular flexibility index (Phi) is 3.38. The van der Waals surface area contributed by atoms with Crippen molar-refractivity contribution in [2.24, 2.45) is 11.3 Å². The molecular formula is C22H29NO2. The lowest BCUT2D eigenvalue weighted by molar-refractivity contribution is -0.161. The first-order valence-corrected chi connectivity index (χ1v) is 10.0. The maximum Gasteiger partial charge on any atom is 0.225 e. The average Bonchev–Trinajstić information content (AvgIpc) is 3.29. The molecule has 1 aliphatic heterocycles. The standard InChI is InChI=1S/C22H29NO2/c1-21(25)10-19(11-21)20(24)23-13-22(14-23)8-7-18(12-22)17-4-2-3-16(9-17)15-5-6-15/h2-4,9,15,18-19,25H,5-8,10-14H2,1H3/t18-,19?,21?/m0/s1. The summed E-state index contributed by atoms with van der Waals surface area (Å²) in [5.41, 5.74) is 2.85. The van der Waals surface area contributed by atoms with Gasteiger partial charge in [-0.15, -0.1) is 0 Å². The molecule has 1 N–H and O–H groups in total. The highest BCUT2D eigenvalue weighted by molar-refractivity contribution is 5.81. The number of amides is 1. The van der Waals surface area contributed by atoms with E-state index >= 15 is 0 Å². The fraction of sp³-hybridized carbons (Fsp3) is 0.682. The van der Waals surface area contributed by atoms with Gasteiger partial charge in [0.15, 0.2) is 0 Å². The van der Waals surface area contributed by atoms with Crippen LogP contribution in [-0.2, 0) is 4.79 Å². The largest absolute Gasteiger partial charge is 0.390 e. The van der Waals surface area contributed by atoms with Gasteiger partial charge in [0.25, 0.3) is 0 Å². The predicted molar refractivity (Wildman–Crippen MR) is 97.4 cm³/mol.